The Morgan fingerprint density at radius 1 is 0.741 bits per heavy atom. The summed E-state index contributed by atoms with van der Waals surface area (Å²) in [5, 5.41) is 1.31. The lowest BCUT2D eigenvalue weighted by Gasteiger charge is -2.12. The first-order chi connectivity index (χ1) is 13.2. The number of nitrogens with zero attached hydrogens (tertiary/aromatic N) is 1. The molecule has 0 fully saturated rings. The number of rotatable bonds is 16. The quantitative estimate of drug-likeness (QED) is 0.152. The van der Waals surface area contributed by atoms with E-state index in [9.17, 15) is 4.79 Å². The molecule has 0 unspecified atom stereocenters. The summed E-state index contributed by atoms with van der Waals surface area (Å²) in [6.45, 7) is 10.3. The van der Waals surface area contributed by atoms with Crippen molar-refractivity contribution in [2.75, 3.05) is 14.2 Å². The lowest BCUT2D eigenvalue weighted by Crippen LogP contribution is -2.24. The van der Waals surface area contributed by atoms with Gasteiger partial charge in [-0.25, -0.2) is 5.06 Å². The Kier molecular flexibility index (Phi) is 34.2. The van der Waals surface area contributed by atoms with Crippen molar-refractivity contribution in [3.63, 3.8) is 0 Å². The highest BCUT2D eigenvalue weighted by molar-refractivity contribution is 5.74. The number of amides is 1. The molecule has 0 spiro atoms. The molecule has 0 radical (unpaired) electrons. The summed E-state index contributed by atoms with van der Waals surface area (Å²) in [6, 6.07) is 0. The lowest BCUT2D eigenvalue weighted by atomic mass is 10.1. The van der Waals surface area contributed by atoms with Crippen LogP contribution < -0.4 is 0 Å². The Bertz CT molecular complexity index is 290. The summed E-state index contributed by atoms with van der Waals surface area (Å²) in [4.78, 5) is 16.4. The molecule has 164 valence electrons. The van der Waals surface area contributed by atoms with Gasteiger partial charge < -0.3 is 0 Å². The van der Waals surface area contributed by atoms with Gasteiger partial charge in [-0.15, -0.1) is 0 Å². The zero-order chi connectivity index (χ0) is 21.2. The maximum atomic E-state index is 11.5. The summed E-state index contributed by atoms with van der Waals surface area (Å²) >= 11 is 0. The third-order valence-corrected chi connectivity index (χ3v) is 4.28. The standard InChI is InChI=1S/C20H39NO2.2C2H6/c1-4-5-6-7-8-9-10-11-12-13-14-15-16-17-18-19-20(22)21(2)23-3;2*1-2/h11-12H,4-10,13-19H2,1-3H3;2*1-2H3/b12-11-;;. The first-order valence-electron chi connectivity index (χ1n) is 11.7. The predicted octanol–water partition coefficient (Wildman–Crippen LogP) is 8.10. The van der Waals surface area contributed by atoms with Crippen LogP contribution in [0.25, 0.3) is 0 Å². The Morgan fingerprint density at radius 3 is 1.59 bits per heavy atom. The van der Waals surface area contributed by atoms with Gasteiger partial charge in [0.2, 0.25) is 5.91 Å². The molecule has 0 aromatic carbocycles. The molecule has 0 aliphatic heterocycles. The Hall–Kier alpha value is -0.830. The van der Waals surface area contributed by atoms with E-state index in [1.807, 2.05) is 27.7 Å². The van der Waals surface area contributed by atoms with E-state index < -0.39 is 0 Å². The van der Waals surface area contributed by atoms with Crippen LogP contribution in [0.5, 0.6) is 0 Å². The van der Waals surface area contributed by atoms with Gasteiger partial charge in [-0.3, -0.25) is 9.63 Å². The van der Waals surface area contributed by atoms with Crippen LogP contribution in [0, 0.1) is 0 Å². The van der Waals surface area contributed by atoms with E-state index in [0.717, 1.165) is 12.8 Å². The third kappa shape index (κ3) is 27.5. The molecule has 27 heavy (non-hydrogen) atoms. The summed E-state index contributed by atoms with van der Waals surface area (Å²) in [7, 11) is 3.19. The van der Waals surface area contributed by atoms with Crippen LogP contribution in [0.3, 0.4) is 0 Å². The van der Waals surface area contributed by atoms with Crippen molar-refractivity contribution in [2.24, 2.45) is 0 Å². The smallest absolute Gasteiger partial charge is 0.245 e. The van der Waals surface area contributed by atoms with Gasteiger partial charge in [-0.1, -0.05) is 98.1 Å². The predicted molar refractivity (Wildman–Crippen MR) is 122 cm³/mol. The van der Waals surface area contributed by atoms with E-state index in [2.05, 4.69) is 19.1 Å². The van der Waals surface area contributed by atoms with E-state index in [1.54, 1.807) is 7.05 Å². The molecule has 0 rings (SSSR count). The fraction of sp³-hybridized carbons (Fsp3) is 0.875. The van der Waals surface area contributed by atoms with Crippen molar-refractivity contribution >= 4 is 5.91 Å². The lowest BCUT2D eigenvalue weighted by molar-refractivity contribution is -0.168. The zero-order valence-corrected chi connectivity index (χ0v) is 19.8. The highest BCUT2D eigenvalue weighted by atomic mass is 16.7. The Labute approximate surface area is 171 Å². The number of allylic oxidation sites excluding steroid dienone is 2. The molecule has 3 nitrogen and oxygen atoms in total. The fourth-order valence-corrected chi connectivity index (χ4v) is 2.61. The van der Waals surface area contributed by atoms with Crippen molar-refractivity contribution in [3.05, 3.63) is 12.2 Å². The van der Waals surface area contributed by atoms with Crippen LogP contribution >= 0.6 is 0 Å². The van der Waals surface area contributed by atoms with Crippen LogP contribution in [0.2, 0.25) is 0 Å². The second-order valence-electron chi connectivity index (χ2n) is 6.41. The number of carbonyl (C=O) groups excluding carboxylic acids is 1. The van der Waals surface area contributed by atoms with Gasteiger partial charge in [0.05, 0.1) is 7.11 Å². The van der Waals surface area contributed by atoms with E-state index in [0.29, 0.717) is 6.42 Å². The first kappa shape index (κ1) is 30.9. The Morgan fingerprint density at radius 2 is 1.15 bits per heavy atom. The van der Waals surface area contributed by atoms with Crippen LogP contribution in [-0.4, -0.2) is 25.1 Å². The highest BCUT2D eigenvalue weighted by Crippen LogP contribution is 2.10. The summed E-state index contributed by atoms with van der Waals surface area (Å²) in [6.07, 6.45) is 22.0. The first-order valence-corrected chi connectivity index (χ1v) is 11.7. The average molecular weight is 386 g/mol. The molecule has 3 heteroatoms. The second kappa shape index (κ2) is 29.9. The number of carbonyl (C=O) groups is 1. The molecule has 0 heterocycles. The summed E-state index contributed by atoms with van der Waals surface area (Å²) in [5.41, 5.74) is 0. The molecule has 0 N–H and O–H groups in total. The minimum atomic E-state index is 0.0742. The van der Waals surface area contributed by atoms with Gasteiger partial charge in [0.1, 0.15) is 0 Å². The van der Waals surface area contributed by atoms with Crippen LogP contribution in [-0.2, 0) is 9.63 Å². The normalized spacial score (nSPS) is 10.0. The van der Waals surface area contributed by atoms with Crippen molar-refractivity contribution < 1.29 is 9.63 Å². The average Bonchev–Trinajstić information content (AvgIpc) is 2.73. The van der Waals surface area contributed by atoms with Crippen molar-refractivity contribution in [3.8, 4) is 0 Å². The van der Waals surface area contributed by atoms with Gasteiger partial charge in [0, 0.05) is 13.5 Å². The number of hydroxylamine groups is 2. The number of hydrogen-bond donors (Lipinski definition) is 0. The van der Waals surface area contributed by atoms with Crippen molar-refractivity contribution in [1.29, 1.82) is 0 Å². The van der Waals surface area contributed by atoms with Gasteiger partial charge in [-0.05, 0) is 32.1 Å². The minimum Gasteiger partial charge on any atom is -0.275 e. The maximum Gasteiger partial charge on any atom is 0.245 e. The molecule has 0 atom stereocenters. The topological polar surface area (TPSA) is 29.5 Å². The molecule has 0 aliphatic carbocycles. The molecule has 0 saturated heterocycles. The monoisotopic (exact) mass is 385 g/mol. The van der Waals surface area contributed by atoms with Crippen LogP contribution in [0.4, 0.5) is 0 Å². The second-order valence-corrected chi connectivity index (χ2v) is 6.41. The van der Waals surface area contributed by atoms with E-state index in [1.165, 1.54) is 82.8 Å². The van der Waals surface area contributed by atoms with Gasteiger partial charge in [-0.2, -0.15) is 0 Å². The van der Waals surface area contributed by atoms with Crippen molar-refractivity contribution in [1.82, 2.24) is 5.06 Å². The molecular formula is C24H51NO2. The van der Waals surface area contributed by atoms with Gasteiger partial charge in [0.15, 0.2) is 0 Å². The largest absolute Gasteiger partial charge is 0.275 e. The van der Waals surface area contributed by atoms with E-state index >= 15 is 0 Å². The van der Waals surface area contributed by atoms with Crippen LogP contribution in [0.1, 0.15) is 125 Å². The SMILES string of the molecule is CC.CC.CCCCCCCC/C=C\CCCCCCCC(=O)N(C)OC. The molecule has 1 amide bonds. The molecule has 0 aromatic heterocycles. The van der Waals surface area contributed by atoms with Crippen LogP contribution in [0.15, 0.2) is 12.2 Å². The molecule has 0 saturated carbocycles. The van der Waals surface area contributed by atoms with E-state index in [-0.39, 0.29) is 5.91 Å². The Balaban J connectivity index is -0.00000134. The molecule has 0 aliphatic rings. The maximum absolute atomic E-state index is 11.5. The summed E-state index contributed by atoms with van der Waals surface area (Å²) < 4.78 is 0. The van der Waals surface area contributed by atoms with E-state index in [4.69, 9.17) is 4.84 Å². The summed E-state index contributed by atoms with van der Waals surface area (Å²) in [5.74, 6) is 0.0742. The third-order valence-electron chi connectivity index (χ3n) is 4.28. The molecular weight excluding hydrogens is 334 g/mol. The minimum absolute atomic E-state index is 0.0742. The number of hydrogen-bond acceptors (Lipinski definition) is 2. The molecule has 0 bridgehead atoms. The van der Waals surface area contributed by atoms with Gasteiger partial charge in [0.25, 0.3) is 0 Å². The van der Waals surface area contributed by atoms with Crippen molar-refractivity contribution in [2.45, 2.75) is 125 Å². The fourth-order valence-electron chi connectivity index (χ4n) is 2.61. The molecule has 0 aromatic rings. The number of unbranched alkanes of at least 4 members (excludes halogenated alkanes) is 11. The van der Waals surface area contributed by atoms with Gasteiger partial charge >= 0.3 is 0 Å². The zero-order valence-electron chi connectivity index (χ0n) is 19.8. The highest BCUT2D eigenvalue weighted by Gasteiger charge is 2.06.